The molecule has 18 heavy (non-hydrogen) atoms. The second-order valence-corrected chi connectivity index (χ2v) is 6.51. The summed E-state index contributed by atoms with van der Waals surface area (Å²) in [5.41, 5.74) is 2.47. The van der Waals surface area contributed by atoms with Crippen molar-refractivity contribution in [3.05, 3.63) is 35.4 Å². The van der Waals surface area contributed by atoms with Gasteiger partial charge in [0, 0.05) is 19.7 Å². The van der Waals surface area contributed by atoms with Crippen LogP contribution in [0.25, 0.3) is 0 Å². The number of hydrogen-bond acceptors (Lipinski definition) is 2. The first-order valence-electron chi connectivity index (χ1n) is 6.24. The first-order valence-corrected chi connectivity index (χ1v) is 7.63. The van der Waals surface area contributed by atoms with Crippen molar-refractivity contribution in [2.24, 2.45) is 0 Å². The Kier molecular flexibility index (Phi) is 4.30. The van der Waals surface area contributed by atoms with Crippen molar-refractivity contribution in [1.82, 2.24) is 4.90 Å². The van der Waals surface area contributed by atoms with Crippen molar-refractivity contribution in [3.8, 4) is 0 Å². The SMILES string of the molecule is CN(C)C(=O)C[S+]([O-])C1CCCc2ccccc21. The minimum absolute atomic E-state index is 0.0267. The van der Waals surface area contributed by atoms with Crippen LogP contribution in [-0.2, 0) is 22.4 Å². The Balaban J connectivity index is 2.12. The van der Waals surface area contributed by atoms with Gasteiger partial charge < -0.3 is 9.45 Å². The van der Waals surface area contributed by atoms with Crippen LogP contribution in [0.4, 0.5) is 0 Å². The summed E-state index contributed by atoms with van der Waals surface area (Å²) in [6, 6.07) is 8.17. The molecule has 0 spiro atoms. The normalized spacial score (nSPS) is 20.1. The Labute approximate surface area is 111 Å². The summed E-state index contributed by atoms with van der Waals surface area (Å²) in [6.07, 6.45) is 3.04. The van der Waals surface area contributed by atoms with Crippen LogP contribution in [0.15, 0.2) is 24.3 Å². The van der Waals surface area contributed by atoms with Gasteiger partial charge in [-0.15, -0.1) is 0 Å². The number of nitrogens with zero attached hydrogens (tertiary/aromatic N) is 1. The summed E-state index contributed by atoms with van der Waals surface area (Å²) in [5, 5.41) is 0.0267. The largest absolute Gasteiger partial charge is 0.615 e. The number of benzene rings is 1. The summed E-state index contributed by atoms with van der Waals surface area (Å²) in [7, 11) is 3.41. The van der Waals surface area contributed by atoms with E-state index in [1.165, 1.54) is 16.0 Å². The van der Waals surface area contributed by atoms with Crippen molar-refractivity contribution in [3.63, 3.8) is 0 Å². The third kappa shape index (κ3) is 2.87. The average Bonchev–Trinajstić information content (AvgIpc) is 2.37. The molecule has 4 heteroatoms. The monoisotopic (exact) mass is 265 g/mol. The van der Waals surface area contributed by atoms with E-state index >= 15 is 0 Å². The maximum atomic E-state index is 12.3. The smallest absolute Gasteiger partial charge is 0.271 e. The van der Waals surface area contributed by atoms with Gasteiger partial charge in [-0.1, -0.05) is 24.3 Å². The minimum atomic E-state index is -1.11. The van der Waals surface area contributed by atoms with E-state index < -0.39 is 11.2 Å². The fourth-order valence-electron chi connectivity index (χ4n) is 2.33. The lowest BCUT2D eigenvalue weighted by atomic mass is 9.91. The van der Waals surface area contributed by atoms with Crippen LogP contribution >= 0.6 is 0 Å². The standard InChI is InChI=1S/C14H19NO2S/c1-15(2)14(16)10-18(17)13-9-5-7-11-6-3-4-8-12(11)13/h3-4,6,8,13H,5,7,9-10H2,1-2H3. The molecule has 0 radical (unpaired) electrons. The highest BCUT2D eigenvalue weighted by molar-refractivity contribution is 7.92. The molecule has 0 aliphatic heterocycles. The van der Waals surface area contributed by atoms with E-state index in [0.717, 1.165) is 19.3 Å². The number of carbonyl (C=O) groups excluding carboxylic acids is 1. The molecule has 0 aromatic heterocycles. The predicted octanol–water partition coefficient (Wildman–Crippen LogP) is 1.90. The van der Waals surface area contributed by atoms with Crippen LogP contribution in [0.3, 0.4) is 0 Å². The van der Waals surface area contributed by atoms with E-state index in [1.54, 1.807) is 14.1 Å². The van der Waals surface area contributed by atoms with Gasteiger partial charge in [-0.2, -0.15) is 0 Å². The molecule has 98 valence electrons. The van der Waals surface area contributed by atoms with Crippen LogP contribution in [0.2, 0.25) is 0 Å². The summed E-state index contributed by atoms with van der Waals surface area (Å²) >= 11 is -1.11. The van der Waals surface area contributed by atoms with E-state index in [4.69, 9.17) is 0 Å². The highest BCUT2D eigenvalue weighted by atomic mass is 32.2. The minimum Gasteiger partial charge on any atom is -0.615 e. The van der Waals surface area contributed by atoms with Crippen LogP contribution in [0.5, 0.6) is 0 Å². The fraction of sp³-hybridized carbons (Fsp3) is 0.500. The summed E-state index contributed by atoms with van der Waals surface area (Å²) in [4.78, 5) is 13.1. The highest BCUT2D eigenvalue weighted by Gasteiger charge is 2.31. The van der Waals surface area contributed by atoms with E-state index in [1.807, 2.05) is 12.1 Å². The molecular formula is C14H19NO2S. The quantitative estimate of drug-likeness (QED) is 0.783. The van der Waals surface area contributed by atoms with E-state index in [2.05, 4.69) is 12.1 Å². The van der Waals surface area contributed by atoms with E-state index in [-0.39, 0.29) is 16.9 Å². The van der Waals surface area contributed by atoms with Crippen LogP contribution in [0, 0.1) is 0 Å². The maximum Gasteiger partial charge on any atom is 0.271 e. The van der Waals surface area contributed by atoms with Crippen molar-refractivity contribution in [2.75, 3.05) is 19.8 Å². The molecule has 0 fully saturated rings. The van der Waals surface area contributed by atoms with E-state index in [0.29, 0.717) is 0 Å². The third-order valence-electron chi connectivity index (χ3n) is 3.40. The zero-order valence-corrected chi connectivity index (χ0v) is 11.7. The molecule has 1 aliphatic rings. The van der Waals surface area contributed by atoms with Crippen molar-refractivity contribution in [2.45, 2.75) is 24.5 Å². The molecule has 0 bridgehead atoms. The molecule has 0 saturated carbocycles. The molecule has 0 saturated heterocycles. The average molecular weight is 265 g/mol. The number of aryl methyl sites for hydroxylation is 1. The summed E-state index contributed by atoms with van der Waals surface area (Å²) in [5.74, 6) is 0.0721. The Morgan fingerprint density at radius 3 is 2.89 bits per heavy atom. The fourth-order valence-corrected chi connectivity index (χ4v) is 3.98. The number of carbonyl (C=O) groups is 1. The van der Waals surface area contributed by atoms with Gasteiger partial charge in [0.1, 0.15) is 5.25 Å². The number of hydrogen-bond donors (Lipinski definition) is 0. The van der Waals surface area contributed by atoms with Gasteiger partial charge in [0.25, 0.3) is 5.91 Å². The van der Waals surface area contributed by atoms with Crippen molar-refractivity contribution >= 4 is 17.1 Å². The topological polar surface area (TPSA) is 43.4 Å². The zero-order chi connectivity index (χ0) is 13.1. The Morgan fingerprint density at radius 1 is 1.44 bits per heavy atom. The molecular weight excluding hydrogens is 246 g/mol. The molecule has 0 N–H and O–H groups in total. The third-order valence-corrected chi connectivity index (χ3v) is 5.05. The van der Waals surface area contributed by atoms with Gasteiger partial charge in [0.15, 0.2) is 5.75 Å². The van der Waals surface area contributed by atoms with Crippen molar-refractivity contribution in [1.29, 1.82) is 0 Å². The summed E-state index contributed by atoms with van der Waals surface area (Å²) in [6.45, 7) is 0. The van der Waals surface area contributed by atoms with Crippen LogP contribution < -0.4 is 0 Å². The van der Waals surface area contributed by atoms with Gasteiger partial charge in [-0.05, 0) is 36.0 Å². The van der Waals surface area contributed by atoms with Gasteiger partial charge in [-0.3, -0.25) is 4.79 Å². The highest BCUT2D eigenvalue weighted by Crippen LogP contribution is 2.35. The first-order chi connectivity index (χ1) is 8.59. The van der Waals surface area contributed by atoms with E-state index in [9.17, 15) is 9.35 Å². The van der Waals surface area contributed by atoms with Gasteiger partial charge >= 0.3 is 0 Å². The van der Waals surface area contributed by atoms with Gasteiger partial charge in [-0.25, -0.2) is 0 Å². The molecule has 1 aromatic carbocycles. The molecule has 1 amide bonds. The number of rotatable bonds is 3. The molecule has 1 aliphatic carbocycles. The lowest BCUT2D eigenvalue weighted by molar-refractivity contribution is -0.125. The Bertz CT molecular complexity index is 434. The molecule has 2 rings (SSSR count). The molecule has 3 nitrogen and oxygen atoms in total. The lowest BCUT2D eigenvalue weighted by Gasteiger charge is -2.27. The molecule has 2 unspecified atom stereocenters. The Morgan fingerprint density at radius 2 is 2.17 bits per heavy atom. The van der Waals surface area contributed by atoms with Gasteiger partial charge in [0.05, 0.1) is 0 Å². The molecule has 0 heterocycles. The van der Waals surface area contributed by atoms with Gasteiger partial charge in [0.2, 0.25) is 0 Å². The maximum absolute atomic E-state index is 12.3. The van der Waals surface area contributed by atoms with Crippen LogP contribution in [0.1, 0.15) is 29.2 Å². The summed E-state index contributed by atoms with van der Waals surface area (Å²) < 4.78 is 12.3. The second kappa shape index (κ2) is 5.76. The molecule has 2 atom stereocenters. The van der Waals surface area contributed by atoms with Crippen molar-refractivity contribution < 1.29 is 9.35 Å². The second-order valence-electron chi connectivity index (χ2n) is 4.89. The number of amides is 1. The zero-order valence-electron chi connectivity index (χ0n) is 10.9. The lowest BCUT2D eigenvalue weighted by Crippen LogP contribution is -2.32. The number of fused-ring (bicyclic) bond motifs is 1. The Hall–Kier alpha value is -1.00. The molecule has 1 aromatic rings. The first kappa shape index (κ1) is 13.4. The predicted molar refractivity (Wildman–Crippen MR) is 73.8 cm³/mol. The van der Waals surface area contributed by atoms with Crippen LogP contribution in [-0.4, -0.2) is 35.2 Å².